The molecule has 0 radical (unpaired) electrons. The van der Waals surface area contributed by atoms with Gasteiger partial charge in [0.05, 0.1) is 5.56 Å². The zero-order valence-corrected chi connectivity index (χ0v) is 14.5. The van der Waals surface area contributed by atoms with Gasteiger partial charge in [-0.3, -0.25) is 4.79 Å². The SMILES string of the molecule is C[C@@H](OC(=O)c1ccc(-c2ccccc2F)o1)C(=O)Nc1c(F)cccc1F. The van der Waals surface area contributed by atoms with E-state index in [1.54, 1.807) is 6.07 Å². The summed E-state index contributed by atoms with van der Waals surface area (Å²) in [7, 11) is 0. The van der Waals surface area contributed by atoms with Gasteiger partial charge in [-0.05, 0) is 43.3 Å². The van der Waals surface area contributed by atoms with Crippen molar-refractivity contribution in [3.8, 4) is 11.3 Å². The van der Waals surface area contributed by atoms with E-state index in [4.69, 9.17) is 9.15 Å². The van der Waals surface area contributed by atoms with Crippen LogP contribution in [-0.2, 0) is 9.53 Å². The Balaban J connectivity index is 1.68. The molecule has 0 saturated carbocycles. The predicted octanol–water partition coefficient (Wildman–Crippen LogP) is 4.55. The van der Waals surface area contributed by atoms with Crippen LogP contribution >= 0.6 is 0 Å². The highest BCUT2D eigenvalue weighted by Crippen LogP contribution is 2.25. The second-order valence-electron chi connectivity index (χ2n) is 5.78. The number of nitrogens with one attached hydrogen (secondary N) is 1. The number of amides is 1. The molecular formula is C20H14F3NO4. The highest BCUT2D eigenvalue weighted by Gasteiger charge is 2.23. The number of hydrogen-bond donors (Lipinski definition) is 1. The van der Waals surface area contributed by atoms with E-state index in [9.17, 15) is 22.8 Å². The number of carbonyl (C=O) groups is 2. The van der Waals surface area contributed by atoms with E-state index >= 15 is 0 Å². The summed E-state index contributed by atoms with van der Waals surface area (Å²) in [5.41, 5.74) is -0.488. The molecule has 144 valence electrons. The molecule has 0 aliphatic carbocycles. The summed E-state index contributed by atoms with van der Waals surface area (Å²) in [6.45, 7) is 1.23. The van der Waals surface area contributed by atoms with Crippen molar-refractivity contribution in [1.82, 2.24) is 0 Å². The lowest BCUT2D eigenvalue weighted by atomic mass is 10.1. The van der Waals surface area contributed by atoms with Gasteiger partial charge in [0.15, 0.2) is 6.10 Å². The molecule has 1 heterocycles. The van der Waals surface area contributed by atoms with Crippen LogP contribution in [0.1, 0.15) is 17.5 Å². The molecule has 2 aromatic carbocycles. The second kappa shape index (κ2) is 7.99. The Labute approximate surface area is 157 Å². The van der Waals surface area contributed by atoms with Crippen LogP contribution in [0.4, 0.5) is 18.9 Å². The molecule has 0 saturated heterocycles. The number of hydrogen-bond acceptors (Lipinski definition) is 4. The van der Waals surface area contributed by atoms with Gasteiger partial charge in [0.2, 0.25) is 5.76 Å². The third-order valence-electron chi connectivity index (χ3n) is 3.81. The first-order valence-corrected chi connectivity index (χ1v) is 8.17. The molecule has 0 spiro atoms. The van der Waals surface area contributed by atoms with E-state index in [0.29, 0.717) is 0 Å². The summed E-state index contributed by atoms with van der Waals surface area (Å²) in [5, 5.41) is 2.03. The minimum absolute atomic E-state index is 0.107. The Morgan fingerprint density at radius 2 is 1.57 bits per heavy atom. The van der Waals surface area contributed by atoms with Crippen LogP contribution in [0.15, 0.2) is 59.0 Å². The van der Waals surface area contributed by atoms with E-state index in [1.165, 1.54) is 37.3 Å². The number of anilines is 1. The number of para-hydroxylation sites is 1. The average molecular weight is 389 g/mol. The maximum Gasteiger partial charge on any atom is 0.375 e. The lowest BCUT2D eigenvalue weighted by Gasteiger charge is -2.13. The molecule has 0 unspecified atom stereocenters. The molecule has 1 N–H and O–H groups in total. The average Bonchev–Trinajstić information content (AvgIpc) is 3.15. The van der Waals surface area contributed by atoms with Crippen molar-refractivity contribution < 1.29 is 31.9 Å². The van der Waals surface area contributed by atoms with Crippen LogP contribution < -0.4 is 5.32 Å². The summed E-state index contributed by atoms with van der Waals surface area (Å²) in [5.74, 6) is -4.53. The molecule has 28 heavy (non-hydrogen) atoms. The van der Waals surface area contributed by atoms with Gasteiger partial charge in [0.1, 0.15) is 28.9 Å². The standard InChI is InChI=1S/C20H14F3NO4/c1-11(19(25)24-18-14(22)7-4-8-15(18)23)27-20(26)17-10-9-16(28-17)12-5-2-3-6-13(12)21/h2-11H,1H3,(H,24,25)/t11-/m1/s1. The number of benzene rings is 2. The Kier molecular flexibility index (Phi) is 5.49. The van der Waals surface area contributed by atoms with Crippen LogP contribution in [0.5, 0.6) is 0 Å². The number of rotatable bonds is 5. The van der Waals surface area contributed by atoms with Crippen molar-refractivity contribution in [2.75, 3.05) is 5.32 Å². The van der Waals surface area contributed by atoms with Crippen LogP contribution in [0.2, 0.25) is 0 Å². The molecule has 0 aliphatic heterocycles. The summed E-state index contributed by atoms with van der Waals surface area (Å²) in [4.78, 5) is 24.2. The Morgan fingerprint density at radius 1 is 0.929 bits per heavy atom. The van der Waals surface area contributed by atoms with Crippen molar-refractivity contribution in [2.45, 2.75) is 13.0 Å². The fourth-order valence-electron chi connectivity index (χ4n) is 2.37. The maximum atomic E-state index is 13.8. The highest BCUT2D eigenvalue weighted by molar-refractivity contribution is 5.96. The molecule has 5 nitrogen and oxygen atoms in total. The molecule has 0 bridgehead atoms. The lowest BCUT2D eigenvalue weighted by molar-refractivity contribution is -0.123. The van der Waals surface area contributed by atoms with Gasteiger partial charge in [0, 0.05) is 0 Å². The normalized spacial score (nSPS) is 11.7. The molecular weight excluding hydrogens is 375 g/mol. The van der Waals surface area contributed by atoms with Gasteiger partial charge >= 0.3 is 5.97 Å². The Morgan fingerprint density at radius 3 is 2.25 bits per heavy atom. The largest absolute Gasteiger partial charge is 0.449 e. The van der Waals surface area contributed by atoms with Crippen LogP contribution in [0, 0.1) is 17.5 Å². The topological polar surface area (TPSA) is 68.5 Å². The fourth-order valence-corrected chi connectivity index (χ4v) is 2.37. The Hall–Kier alpha value is -3.55. The zero-order chi connectivity index (χ0) is 20.3. The zero-order valence-electron chi connectivity index (χ0n) is 14.5. The molecule has 1 atom stereocenters. The maximum absolute atomic E-state index is 13.8. The molecule has 3 rings (SSSR count). The minimum atomic E-state index is -1.37. The van der Waals surface area contributed by atoms with Crippen LogP contribution in [0.3, 0.4) is 0 Å². The molecule has 8 heteroatoms. The molecule has 1 aromatic heterocycles. The van der Waals surface area contributed by atoms with Crippen LogP contribution in [0.25, 0.3) is 11.3 Å². The quantitative estimate of drug-likeness (QED) is 0.650. The molecule has 0 fully saturated rings. The number of carbonyl (C=O) groups excluding carboxylic acids is 2. The fraction of sp³-hybridized carbons (Fsp3) is 0.100. The van der Waals surface area contributed by atoms with Gasteiger partial charge in [0.25, 0.3) is 5.91 Å². The van der Waals surface area contributed by atoms with Crippen molar-refractivity contribution in [2.24, 2.45) is 0 Å². The van der Waals surface area contributed by atoms with Crippen LogP contribution in [-0.4, -0.2) is 18.0 Å². The van der Waals surface area contributed by atoms with E-state index < -0.39 is 41.1 Å². The van der Waals surface area contributed by atoms with E-state index in [0.717, 1.165) is 18.2 Å². The first kappa shape index (κ1) is 19.2. The summed E-state index contributed by atoms with van der Waals surface area (Å²) in [6, 6.07) is 11.6. The number of ether oxygens (including phenoxy) is 1. The van der Waals surface area contributed by atoms with Gasteiger partial charge in [-0.15, -0.1) is 0 Å². The van der Waals surface area contributed by atoms with Gasteiger partial charge in [-0.25, -0.2) is 18.0 Å². The Bertz CT molecular complexity index is 1010. The summed E-state index contributed by atoms with van der Waals surface area (Å²) >= 11 is 0. The molecule has 3 aromatic rings. The summed E-state index contributed by atoms with van der Waals surface area (Å²) in [6.07, 6.45) is -1.37. The van der Waals surface area contributed by atoms with Gasteiger partial charge in [-0.1, -0.05) is 18.2 Å². The van der Waals surface area contributed by atoms with Crippen molar-refractivity contribution in [3.05, 3.63) is 77.8 Å². The lowest BCUT2D eigenvalue weighted by Crippen LogP contribution is -2.30. The highest BCUT2D eigenvalue weighted by atomic mass is 19.1. The third kappa shape index (κ3) is 4.06. The number of furan rings is 1. The second-order valence-corrected chi connectivity index (χ2v) is 5.78. The predicted molar refractivity (Wildman–Crippen MR) is 94.0 cm³/mol. The molecule has 1 amide bonds. The first-order chi connectivity index (χ1) is 13.4. The monoisotopic (exact) mass is 389 g/mol. The number of esters is 1. The minimum Gasteiger partial charge on any atom is -0.449 e. The van der Waals surface area contributed by atoms with Crippen molar-refractivity contribution in [3.63, 3.8) is 0 Å². The van der Waals surface area contributed by atoms with E-state index in [2.05, 4.69) is 0 Å². The van der Waals surface area contributed by atoms with E-state index in [1.807, 2.05) is 5.32 Å². The van der Waals surface area contributed by atoms with Crippen molar-refractivity contribution in [1.29, 1.82) is 0 Å². The number of halogens is 3. The van der Waals surface area contributed by atoms with Gasteiger partial charge < -0.3 is 14.5 Å². The molecule has 0 aliphatic rings. The first-order valence-electron chi connectivity index (χ1n) is 8.17. The smallest absolute Gasteiger partial charge is 0.375 e. The van der Waals surface area contributed by atoms with E-state index in [-0.39, 0.29) is 17.1 Å². The van der Waals surface area contributed by atoms with Gasteiger partial charge in [-0.2, -0.15) is 0 Å². The summed E-state index contributed by atoms with van der Waals surface area (Å²) < 4.78 is 51.2. The third-order valence-corrected chi connectivity index (χ3v) is 3.81. The van der Waals surface area contributed by atoms with Crippen molar-refractivity contribution >= 4 is 17.6 Å².